The van der Waals surface area contributed by atoms with Crippen molar-refractivity contribution < 1.29 is 14.3 Å². The lowest BCUT2D eigenvalue weighted by molar-refractivity contribution is -0.151. The largest absolute Gasteiger partial charge is 0.357 e. The minimum atomic E-state index is -0.442. The number of carbonyl (C=O) groups is 2. The smallest absolute Gasteiger partial charge is 0.164 e. The number of fused-ring (bicyclic) bond motifs is 7. The third-order valence-electron chi connectivity index (χ3n) is 9.44. The first-order valence-electron chi connectivity index (χ1n) is 10.0. The van der Waals surface area contributed by atoms with Crippen molar-refractivity contribution in [1.82, 2.24) is 0 Å². The first-order valence-corrected chi connectivity index (χ1v) is 10.0. The van der Waals surface area contributed by atoms with E-state index in [0.717, 1.165) is 43.9 Å². The normalized spacial score (nSPS) is 58.3. The van der Waals surface area contributed by atoms with Crippen LogP contribution in [0.25, 0.3) is 0 Å². The summed E-state index contributed by atoms with van der Waals surface area (Å²) in [6.45, 7) is 6.57. The minimum absolute atomic E-state index is 0.0539. The second-order valence-electron chi connectivity index (χ2n) is 9.99. The average molecular weight is 330 g/mol. The Kier molecular flexibility index (Phi) is 2.93. The van der Waals surface area contributed by atoms with Crippen LogP contribution in [0.1, 0.15) is 72.1 Å². The van der Waals surface area contributed by atoms with E-state index in [2.05, 4.69) is 13.8 Å². The van der Waals surface area contributed by atoms with Crippen LogP contribution in [0.3, 0.4) is 0 Å². The molecule has 4 aliphatic carbocycles. The maximum Gasteiger partial charge on any atom is 0.164 e. The SMILES string of the molecule is CC(=O)[C@@]12O[C@@H]1CC1[C@@H]3CC[C@H]4CC(=O)CC[C@]4(C)C3CC[C@@]12C. The van der Waals surface area contributed by atoms with Crippen molar-refractivity contribution in [2.75, 3.05) is 0 Å². The summed E-state index contributed by atoms with van der Waals surface area (Å²) in [4.78, 5) is 24.4. The van der Waals surface area contributed by atoms with Crippen molar-refractivity contribution in [3.8, 4) is 0 Å². The quantitative estimate of drug-likeness (QED) is 0.684. The molecule has 0 bridgehead atoms. The van der Waals surface area contributed by atoms with Gasteiger partial charge in [0.15, 0.2) is 11.4 Å². The Morgan fingerprint density at radius 3 is 2.67 bits per heavy atom. The summed E-state index contributed by atoms with van der Waals surface area (Å²) < 4.78 is 6.01. The van der Waals surface area contributed by atoms with Gasteiger partial charge in [0, 0.05) is 18.3 Å². The Balaban J connectivity index is 1.48. The first-order chi connectivity index (χ1) is 11.3. The van der Waals surface area contributed by atoms with Gasteiger partial charge >= 0.3 is 0 Å². The molecule has 24 heavy (non-hydrogen) atoms. The maximum atomic E-state index is 12.4. The highest BCUT2D eigenvalue weighted by Crippen LogP contribution is 2.73. The highest BCUT2D eigenvalue weighted by atomic mass is 16.6. The van der Waals surface area contributed by atoms with Gasteiger partial charge in [0.25, 0.3) is 0 Å². The van der Waals surface area contributed by atoms with Crippen molar-refractivity contribution in [3.05, 3.63) is 0 Å². The molecule has 0 amide bonds. The molecule has 3 nitrogen and oxygen atoms in total. The molecule has 3 heteroatoms. The minimum Gasteiger partial charge on any atom is -0.357 e. The highest BCUT2D eigenvalue weighted by molar-refractivity contribution is 5.90. The predicted molar refractivity (Wildman–Crippen MR) is 90.4 cm³/mol. The lowest BCUT2D eigenvalue weighted by Gasteiger charge is -2.60. The third kappa shape index (κ3) is 1.59. The summed E-state index contributed by atoms with van der Waals surface area (Å²) in [6.07, 6.45) is 8.84. The van der Waals surface area contributed by atoms with Gasteiger partial charge in [-0.05, 0) is 74.5 Å². The lowest BCUT2D eigenvalue weighted by Crippen LogP contribution is -2.56. The fourth-order valence-electron chi connectivity index (χ4n) is 8.11. The van der Waals surface area contributed by atoms with Gasteiger partial charge in [-0.2, -0.15) is 0 Å². The molecule has 0 aromatic heterocycles. The molecule has 0 radical (unpaired) electrons. The Morgan fingerprint density at radius 1 is 1.12 bits per heavy atom. The summed E-state index contributed by atoms with van der Waals surface area (Å²) in [6, 6.07) is 0. The van der Waals surface area contributed by atoms with Crippen LogP contribution in [0.15, 0.2) is 0 Å². The van der Waals surface area contributed by atoms with Gasteiger partial charge in [0.05, 0.1) is 6.10 Å². The van der Waals surface area contributed by atoms with Crippen LogP contribution < -0.4 is 0 Å². The van der Waals surface area contributed by atoms with Crippen LogP contribution in [0.2, 0.25) is 0 Å². The van der Waals surface area contributed by atoms with E-state index in [9.17, 15) is 9.59 Å². The molecule has 0 spiro atoms. The Hall–Kier alpha value is -0.700. The number of Topliss-reactive ketones (excluding diaryl/α,β-unsaturated/α-hetero) is 2. The Labute approximate surface area is 144 Å². The van der Waals surface area contributed by atoms with Crippen LogP contribution in [0.4, 0.5) is 0 Å². The van der Waals surface area contributed by atoms with Crippen LogP contribution in [0, 0.1) is 34.5 Å². The molecule has 132 valence electrons. The molecule has 0 N–H and O–H groups in total. The van der Waals surface area contributed by atoms with E-state index in [1.165, 1.54) is 19.3 Å². The molecule has 5 aliphatic rings. The summed E-state index contributed by atoms with van der Waals surface area (Å²) >= 11 is 0. The van der Waals surface area contributed by atoms with E-state index < -0.39 is 5.60 Å². The van der Waals surface area contributed by atoms with Crippen molar-refractivity contribution in [2.45, 2.75) is 83.8 Å². The number of carbonyl (C=O) groups excluding carboxylic acids is 2. The molecular weight excluding hydrogens is 300 g/mol. The fourth-order valence-corrected chi connectivity index (χ4v) is 8.11. The molecule has 1 saturated heterocycles. The van der Waals surface area contributed by atoms with E-state index >= 15 is 0 Å². The van der Waals surface area contributed by atoms with Gasteiger partial charge in [0.1, 0.15) is 5.78 Å². The van der Waals surface area contributed by atoms with Crippen LogP contribution in [0.5, 0.6) is 0 Å². The lowest BCUT2D eigenvalue weighted by atomic mass is 9.44. The molecule has 4 saturated carbocycles. The highest BCUT2D eigenvalue weighted by Gasteiger charge is 2.79. The van der Waals surface area contributed by atoms with Crippen molar-refractivity contribution >= 4 is 11.6 Å². The van der Waals surface area contributed by atoms with Crippen molar-refractivity contribution in [2.24, 2.45) is 34.5 Å². The van der Waals surface area contributed by atoms with Crippen molar-refractivity contribution in [1.29, 1.82) is 0 Å². The van der Waals surface area contributed by atoms with Crippen LogP contribution in [-0.2, 0) is 14.3 Å². The second kappa shape index (κ2) is 4.52. The third-order valence-corrected chi connectivity index (χ3v) is 9.44. The second-order valence-corrected chi connectivity index (χ2v) is 9.99. The zero-order valence-electron chi connectivity index (χ0n) is 15.3. The summed E-state index contributed by atoms with van der Waals surface area (Å²) in [7, 11) is 0. The molecular formula is C21H30O3. The number of hydrogen-bond acceptors (Lipinski definition) is 3. The summed E-state index contributed by atoms with van der Waals surface area (Å²) in [5.41, 5.74) is -0.0313. The van der Waals surface area contributed by atoms with E-state index in [1.54, 1.807) is 6.92 Å². The number of hydrogen-bond donors (Lipinski definition) is 0. The molecule has 8 atom stereocenters. The van der Waals surface area contributed by atoms with Gasteiger partial charge < -0.3 is 4.74 Å². The number of rotatable bonds is 1. The number of epoxide rings is 1. The summed E-state index contributed by atoms with van der Waals surface area (Å²) in [5.74, 6) is 3.50. The number of ether oxygens (including phenoxy) is 1. The van der Waals surface area contributed by atoms with E-state index in [-0.39, 0.29) is 17.3 Å². The van der Waals surface area contributed by atoms with Gasteiger partial charge in [-0.15, -0.1) is 0 Å². The predicted octanol–water partition coefficient (Wildman–Crippen LogP) is 3.93. The zero-order valence-corrected chi connectivity index (χ0v) is 15.3. The molecule has 1 heterocycles. The van der Waals surface area contributed by atoms with Crippen molar-refractivity contribution in [3.63, 3.8) is 0 Å². The Morgan fingerprint density at radius 2 is 1.92 bits per heavy atom. The van der Waals surface area contributed by atoms with E-state index in [1.807, 2.05) is 0 Å². The standard InChI is InChI=1S/C21H30O3/c1-12(22)21-18(24-21)11-17-15-5-4-13-10-14(23)6-8-19(13,2)16(15)7-9-20(17,21)3/h13,15-18H,4-11H2,1-3H3/t13-,15+,16?,17?,18+,19-,20-,21+/m0/s1. The zero-order chi connectivity index (χ0) is 16.9. The van der Waals surface area contributed by atoms with Crippen LogP contribution in [-0.4, -0.2) is 23.3 Å². The first kappa shape index (κ1) is 15.5. The molecule has 5 rings (SSSR count). The Bertz CT molecular complexity index is 627. The fraction of sp³-hybridized carbons (Fsp3) is 0.905. The molecule has 0 aromatic rings. The maximum absolute atomic E-state index is 12.4. The van der Waals surface area contributed by atoms with Gasteiger partial charge in [-0.3, -0.25) is 9.59 Å². The van der Waals surface area contributed by atoms with Crippen LogP contribution >= 0.6 is 0 Å². The number of ketones is 2. The van der Waals surface area contributed by atoms with Gasteiger partial charge in [0.2, 0.25) is 0 Å². The average Bonchev–Trinajstić information content (AvgIpc) is 3.21. The molecule has 1 aliphatic heterocycles. The molecule has 0 aromatic carbocycles. The topological polar surface area (TPSA) is 46.7 Å². The summed E-state index contributed by atoms with van der Waals surface area (Å²) in [5, 5.41) is 0. The van der Waals surface area contributed by atoms with Gasteiger partial charge in [-0.1, -0.05) is 13.8 Å². The van der Waals surface area contributed by atoms with Gasteiger partial charge in [-0.25, -0.2) is 0 Å². The van der Waals surface area contributed by atoms with E-state index in [4.69, 9.17) is 4.74 Å². The monoisotopic (exact) mass is 330 g/mol. The molecule has 5 fully saturated rings. The molecule has 2 unspecified atom stereocenters. The van der Waals surface area contributed by atoms with E-state index in [0.29, 0.717) is 23.0 Å².